The number of aromatic amines is 1. The number of rotatable bonds is 1. The lowest BCUT2D eigenvalue weighted by molar-refractivity contribution is 0.0691. The van der Waals surface area contributed by atoms with Gasteiger partial charge in [0.2, 0.25) is 0 Å². The van der Waals surface area contributed by atoms with Crippen molar-refractivity contribution in [2.45, 2.75) is 6.92 Å². The maximum atomic E-state index is 11.7. The van der Waals surface area contributed by atoms with E-state index in [-0.39, 0.29) is 11.1 Å². The topological polar surface area (TPSA) is 70.2 Å². The summed E-state index contributed by atoms with van der Waals surface area (Å²) in [5.41, 5.74) is 0.775. The maximum Gasteiger partial charge on any atom is 0.352 e. The molecule has 82 valence electrons. The number of nitrogens with one attached hydrogen (secondary N) is 1. The Morgan fingerprint density at radius 1 is 1.38 bits per heavy atom. The van der Waals surface area contributed by atoms with Crippen LogP contribution in [0.15, 0.2) is 23.0 Å². The molecule has 2 aromatic rings. The van der Waals surface area contributed by atoms with Crippen LogP contribution >= 0.6 is 11.6 Å². The summed E-state index contributed by atoms with van der Waals surface area (Å²) in [6.07, 6.45) is 0. The molecule has 0 aliphatic rings. The zero-order valence-electron chi connectivity index (χ0n) is 8.37. The van der Waals surface area contributed by atoms with E-state index in [9.17, 15) is 9.59 Å². The van der Waals surface area contributed by atoms with Gasteiger partial charge in [0, 0.05) is 16.5 Å². The standard InChI is InChI=1S/C11H8ClNO3/c1-5-2-6(12)3-7-9(14)4-8(11(15)16)13-10(5)7/h2-4H,1H3,(H,13,14)(H,15,16). The predicted octanol–water partition coefficient (Wildman–Crippen LogP) is 2.19. The van der Waals surface area contributed by atoms with Crippen molar-refractivity contribution in [2.24, 2.45) is 0 Å². The van der Waals surface area contributed by atoms with Gasteiger partial charge in [-0.2, -0.15) is 0 Å². The summed E-state index contributed by atoms with van der Waals surface area (Å²) >= 11 is 5.83. The van der Waals surface area contributed by atoms with E-state index in [1.165, 1.54) is 6.07 Å². The van der Waals surface area contributed by atoms with E-state index in [0.717, 1.165) is 11.6 Å². The van der Waals surface area contributed by atoms with Crippen LogP contribution in [0.4, 0.5) is 0 Å². The zero-order chi connectivity index (χ0) is 11.9. The Morgan fingerprint density at radius 3 is 2.69 bits per heavy atom. The van der Waals surface area contributed by atoms with Crippen LogP contribution < -0.4 is 5.43 Å². The Labute approximate surface area is 95.5 Å². The molecule has 0 saturated carbocycles. The van der Waals surface area contributed by atoms with E-state index in [4.69, 9.17) is 16.7 Å². The zero-order valence-corrected chi connectivity index (χ0v) is 9.13. The third kappa shape index (κ3) is 1.67. The van der Waals surface area contributed by atoms with E-state index in [0.29, 0.717) is 15.9 Å². The molecule has 0 aliphatic carbocycles. The molecule has 0 atom stereocenters. The van der Waals surface area contributed by atoms with Crippen molar-refractivity contribution in [3.05, 3.63) is 44.7 Å². The normalized spacial score (nSPS) is 10.6. The third-order valence-corrected chi connectivity index (χ3v) is 2.55. The van der Waals surface area contributed by atoms with Crippen LogP contribution in [0.25, 0.3) is 10.9 Å². The Hall–Kier alpha value is -1.81. The highest BCUT2D eigenvalue weighted by Crippen LogP contribution is 2.19. The summed E-state index contributed by atoms with van der Waals surface area (Å²) in [6.45, 7) is 1.76. The highest BCUT2D eigenvalue weighted by atomic mass is 35.5. The van der Waals surface area contributed by atoms with Gasteiger partial charge in [-0.1, -0.05) is 11.6 Å². The third-order valence-electron chi connectivity index (χ3n) is 2.33. The van der Waals surface area contributed by atoms with Gasteiger partial charge >= 0.3 is 5.97 Å². The minimum Gasteiger partial charge on any atom is -0.477 e. The molecular weight excluding hydrogens is 230 g/mol. The van der Waals surface area contributed by atoms with Crippen molar-refractivity contribution >= 4 is 28.5 Å². The van der Waals surface area contributed by atoms with Crippen LogP contribution in [0, 0.1) is 6.92 Å². The average Bonchev–Trinajstić information content (AvgIpc) is 2.19. The van der Waals surface area contributed by atoms with E-state index in [1.54, 1.807) is 13.0 Å². The number of carbonyl (C=O) groups is 1. The van der Waals surface area contributed by atoms with Crippen LogP contribution in [0.5, 0.6) is 0 Å². The summed E-state index contributed by atoms with van der Waals surface area (Å²) in [4.78, 5) is 25.1. The minimum atomic E-state index is -1.16. The number of aromatic nitrogens is 1. The lowest BCUT2D eigenvalue weighted by atomic mass is 10.1. The second kappa shape index (κ2) is 3.64. The number of fused-ring (bicyclic) bond motifs is 1. The van der Waals surface area contributed by atoms with Crippen LogP contribution in [-0.2, 0) is 0 Å². The molecule has 1 aromatic heterocycles. The van der Waals surface area contributed by atoms with Gasteiger partial charge in [0.15, 0.2) is 5.43 Å². The molecule has 0 saturated heterocycles. The van der Waals surface area contributed by atoms with Gasteiger partial charge in [0.1, 0.15) is 5.69 Å². The number of H-pyrrole nitrogens is 1. The first-order valence-corrected chi connectivity index (χ1v) is 4.93. The first kappa shape index (κ1) is 10.7. The fourth-order valence-corrected chi connectivity index (χ4v) is 1.87. The monoisotopic (exact) mass is 237 g/mol. The summed E-state index contributed by atoms with van der Waals surface area (Å²) < 4.78 is 0. The molecule has 1 heterocycles. The molecule has 0 aliphatic heterocycles. The number of carboxylic acids is 1. The van der Waals surface area contributed by atoms with Crippen LogP contribution in [0.1, 0.15) is 16.1 Å². The molecule has 16 heavy (non-hydrogen) atoms. The van der Waals surface area contributed by atoms with Gasteiger partial charge in [0.25, 0.3) is 0 Å². The fraction of sp³-hybridized carbons (Fsp3) is 0.0909. The van der Waals surface area contributed by atoms with E-state index >= 15 is 0 Å². The molecule has 2 rings (SSSR count). The SMILES string of the molecule is Cc1cc(Cl)cc2c(=O)cc(C(=O)O)[nH]c12. The fourth-order valence-electron chi connectivity index (χ4n) is 1.60. The van der Waals surface area contributed by atoms with Crippen molar-refractivity contribution in [3.63, 3.8) is 0 Å². The van der Waals surface area contributed by atoms with Crippen molar-refractivity contribution in [2.75, 3.05) is 0 Å². The predicted molar refractivity (Wildman–Crippen MR) is 61.3 cm³/mol. The van der Waals surface area contributed by atoms with Crippen molar-refractivity contribution in [1.82, 2.24) is 4.98 Å². The number of aryl methyl sites for hydroxylation is 1. The van der Waals surface area contributed by atoms with Crippen molar-refractivity contribution in [3.8, 4) is 0 Å². The number of carboxylic acid groups (broad SMARTS) is 1. The van der Waals surface area contributed by atoms with Crippen LogP contribution in [0.3, 0.4) is 0 Å². The van der Waals surface area contributed by atoms with Gasteiger partial charge in [-0.3, -0.25) is 4.79 Å². The first-order chi connectivity index (χ1) is 7.49. The average molecular weight is 238 g/mol. The smallest absolute Gasteiger partial charge is 0.352 e. The molecule has 0 bridgehead atoms. The maximum absolute atomic E-state index is 11.7. The second-order valence-corrected chi connectivity index (χ2v) is 3.93. The Kier molecular flexibility index (Phi) is 2.44. The van der Waals surface area contributed by atoms with Crippen molar-refractivity contribution in [1.29, 1.82) is 0 Å². The van der Waals surface area contributed by atoms with Gasteiger partial charge < -0.3 is 10.1 Å². The lowest BCUT2D eigenvalue weighted by Gasteiger charge is -2.04. The Bertz CT molecular complexity index is 645. The highest BCUT2D eigenvalue weighted by molar-refractivity contribution is 6.31. The molecular formula is C11H8ClNO3. The lowest BCUT2D eigenvalue weighted by Crippen LogP contribution is -2.10. The molecule has 0 spiro atoms. The van der Waals surface area contributed by atoms with E-state index in [2.05, 4.69) is 4.98 Å². The number of halogens is 1. The number of pyridine rings is 1. The highest BCUT2D eigenvalue weighted by Gasteiger charge is 2.09. The second-order valence-electron chi connectivity index (χ2n) is 3.50. The largest absolute Gasteiger partial charge is 0.477 e. The number of hydrogen-bond donors (Lipinski definition) is 2. The van der Waals surface area contributed by atoms with Gasteiger partial charge in [0.05, 0.1) is 5.52 Å². The Morgan fingerprint density at radius 2 is 2.06 bits per heavy atom. The summed E-state index contributed by atoms with van der Waals surface area (Å²) in [5, 5.41) is 9.67. The van der Waals surface area contributed by atoms with Gasteiger partial charge in [-0.15, -0.1) is 0 Å². The van der Waals surface area contributed by atoms with Crippen molar-refractivity contribution < 1.29 is 9.90 Å². The first-order valence-electron chi connectivity index (χ1n) is 4.55. The summed E-state index contributed by atoms with van der Waals surface area (Å²) in [5.74, 6) is -1.16. The molecule has 2 N–H and O–H groups in total. The molecule has 0 unspecified atom stereocenters. The molecule has 1 aromatic carbocycles. The van der Waals surface area contributed by atoms with Crippen LogP contribution in [-0.4, -0.2) is 16.1 Å². The molecule has 0 radical (unpaired) electrons. The number of aromatic carboxylic acids is 1. The molecule has 0 fully saturated rings. The molecule has 5 heteroatoms. The molecule has 4 nitrogen and oxygen atoms in total. The summed E-state index contributed by atoms with van der Waals surface area (Å²) in [7, 11) is 0. The van der Waals surface area contributed by atoms with Gasteiger partial charge in [-0.05, 0) is 24.6 Å². The number of hydrogen-bond acceptors (Lipinski definition) is 2. The minimum absolute atomic E-state index is 0.122. The van der Waals surface area contributed by atoms with E-state index < -0.39 is 5.97 Å². The molecule has 0 amide bonds. The number of benzene rings is 1. The quantitative estimate of drug-likeness (QED) is 0.799. The van der Waals surface area contributed by atoms with Gasteiger partial charge in [-0.25, -0.2) is 4.79 Å². The van der Waals surface area contributed by atoms with Crippen LogP contribution in [0.2, 0.25) is 5.02 Å². The van der Waals surface area contributed by atoms with E-state index in [1.807, 2.05) is 0 Å². The summed E-state index contributed by atoms with van der Waals surface area (Å²) in [6, 6.07) is 4.25. The Balaban J connectivity index is 2.93.